The largest absolute Gasteiger partial charge is 0.496 e. The molecule has 5 nitrogen and oxygen atoms in total. The van der Waals surface area contributed by atoms with Crippen molar-refractivity contribution in [3.63, 3.8) is 0 Å². The van der Waals surface area contributed by atoms with Crippen molar-refractivity contribution in [2.24, 2.45) is 0 Å². The minimum Gasteiger partial charge on any atom is -0.496 e. The topological polar surface area (TPSA) is 50.8 Å². The van der Waals surface area contributed by atoms with Crippen LogP contribution in [-0.2, 0) is 9.53 Å². The molecule has 2 unspecified atom stereocenters. The van der Waals surface area contributed by atoms with Gasteiger partial charge in [-0.2, -0.15) is 0 Å². The van der Waals surface area contributed by atoms with Crippen LogP contribution in [0.2, 0.25) is 0 Å². The number of ether oxygens (including phenoxy) is 2. The van der Waals surface area contributed by atoms with Crippen molar-refractivity contribution in [2.45, 2.75) is 19.1 Å². The number of methoxy groups -OCH3 is 1. The Labute approximate surface area is 159 Å². The Morgan fingerprint density at radius 1 is 1.30 bits per heavy atom. The first-order chi connectivity index (χ1) is 13.1. The van der Waals surface area contributed by atoms with Crippen molar-refractivity contribution >= 4 is 5.91 Å². The summed E-state index contributed by atoms with van der Waals surface area (Å²) in [5.41, 5.74) is 1.86. The van der Waals surface area contributed by atoms with Crippen LogP contribution in [0.4, 0.5) is 4.39 Å². The number of amides is 1. The van der Waals surface area contributed by atoms with Gasteiger partial charge in [-0.05, 0) is 30.7 Å². The summed E-state index contributed by atoms with van der Waals surface area (Å²) in [6.45, 7) is 4.06. The Hall–Kier alpha value is -2.44. The molecule has 0 radical (unpaired) electrons. The predicted molar refractivity (Wildman–Crippen MR) is 101 cm³/mol. The van der Waals surface area contributed by atoms with Crippen molar-refractivity contribution in [3.05, 3.63) is 65.5 Å². The van der Waals surface area contributed by atoms with E-state index in [2.05, 4.69) is 10.2 Å². The molecule has 1 N–H and O–H groups in total. The van der Waals surface area contributed by atoms with Gasteiger partial charge >= 0.3 is 0 Å². The summed E-state index contributed by atoms with van der Waals surface area (Å²) < 4.78 is 24.3. The summed E-state index contributed by atoms with van der Waals surface area (Å²) in [7, 11) is 1.62. The number of hydrogen-bond donors (Lipinski definition) is 1. The molecular weight excluding hydrogens is 347 g/mol. The fraction of sp³-hybridized carbons (Fsp3) is 0.381. The second kappa shape index (κ2) is 8.97. The molecule has 1 aliphatic heterocycles. The molecule has 27 heavy (non-hydrogen) atoms. The Morgan fingerprint density at radius 2 is 2.04 bits per heavy atom. The van der Waals surface area contributed by atoms with E-state index in [1.807, 2.05) is 31.2 Å². The lowest BCUT2D eigenvalue weighted by Crippen LogP contribution is -2.44. The second-order valence-electron chi connectivity index (χ2n) is 6.68. The number of benzene rings is 2. The molecule has 1 heterocycles. The van der Waals surface area contributed by atoms with Crippen molar-refractivity contribution in [1.29, 1.82) is 0 Å². The number of carbonyl (C=O) groups is 1. The number of nitrogens with zero attached hydrogens (tertiary/aromatic N) is 1. The number of hydrogen-bond acceptors (Lipinski definition) is 4. The average molecular weight is 372 g/mol. The zero-order valence-electron chi connectivity index (χ0n) is 15.7. The minimum absolute atomic E-state index is 0.0480. The highest BCUT2D eigenvalue weighted by Crippen LogP contribution is 2.25. The maximum absolute atomic E-state index is 13.1. The normalized spacial score (nSPS) is 18.7. The van der Waals surface area contributed by atoms with Gasteiger partial charge in [0.05, 0.1) is 32.4 Å². The quantitative estimate of drug-likeness (QED) is 0.847. The molecule has 1 amide bonds. The highest BCUT2D eigenvalue weighted by atomic mass is 19.1. The molecule has 1 saturated heterocycles. The Balaban J connectivity index is 1.56. The summed E-state index contributed by atoms with van der Waals surface area (Å²) in [4.78, 5) is 14.6. The fourth-order valence-electron chi connectivity index (χ4n) is 3.32. The standard InChI is InChI=1S/C21H25FN2O3/c1-15(18-5-3-4-6-19(18)26-2)23-21(25)14-24-11-12-27-20(13-24)16-7-9-17(22)10-8-16/h3-10,15,20H,11-14H2,1-2H3,(H,23,25). The summed E-state index contributed by atoms with van der Waals surface area (Å²) in [5.74, 6) is 0.442. The van der Waals surface area contributed by atoms with E-state index in [0.29, 0.717) is 26.2 Å². The van der Waals surface area contributed by atoms with Crippen LogP contribution in [0, 0.1) is 5.82 Å². The predicted octanol–water partition coefficient (Wildman–Crippen LogP) is 3.09. The molecule has 0 bridgehead atoms. The van der Waals surface area contributed by atoms with Gasteiger partial charge in [-0.3, -0.25) is 9.69 Å². The van der Waals surface area contributed by atoms with E-state index in [1.165, 1.54) is 12.1 Å². The smallest absolute Gasteiger partial charge is 0.234 e. The number of carbonyl (C=O) groups excluding carboxylic acids is 1. The van der Waals surface area contributed by atoms with Gasteiger partial charge in [0.15, 0.2) is 0 Å². The van der Waals surface area contributed by atoms with E-state index < -0.39 is 0 Å². The van der Waals surface area contributed by atoms with E-state index >= 15 is 0 Å². The first-order valence-electron chi connectivity index (χ1n) is 9.08. The van der Waals surface area contributed by atoms with E-state index in [9.17, 15) is 9.18 Å². The summed E-state index contributed by atoms with van der Waals surface area (Å²) in [6.07, 6.45) is -0.154. The van der Waals surface area contributed by atoms with Crippen LogP contribution in [-0.4, -0.2) is 44.2 Å². The third-order valence-corrected chi connectivity index (χ3v) is 4.74. The fourth-order valence-corrected chi connectivity index (χ4v) is 3.32. The number of halogens is 1. The van der Waals surface area contributed by atoms with Crippen LogP contribution >= 0.6 is 0 Å². The van der Waals surface area contributed by atoms with Crippen molar-refractivity contribution in [2.75, 3.05) is 33.4 Å². The van der Waals surface area contributed by atoms with E-state index in [4.69, 9.17) is 9.47 Å². The van der Waals surface area contributed by atoms with Gasteiger partial charge < -0.3 is 14.8 Å². The zero-order chi connectivity index (χ0) is 19.2. The van der Waals surface area contributed by atoms with Gasteiger partial charge in [-0.1, -0.05) is 30.3 Å². The number of para-hydroxylation sites is 1. The highest BCUT2D eigenvalue weighted by Gasteiger charge is 2.24. The van der Waals surface area contributed by atoms with Gasteiger partial charge in [-0.15, -0.1) is 0 Å². The van der Waals surface area contributed by atoms with Crippen LogP contribution in [0.1, 0.15) is 30.2 Å². The van der Waals surface area contributed by atoms with Gasteiger partial charge in [0.2, 0.25) is 5.91 Å². The lowest BCUT2D eigenvalue weighted by atomic mass is 10.1. The average Bonchev–Trinajstić information content (AvgIpc) is 2.68. The van der Waals surface area contributed by atoms with E-state index in [0.717, 1.165) is 16.9 Å². The Morgan fingerprint density at radius 3 is 2.78 bits per heavy atom. The van der Waals surface area contributed by atoms with Crippen molar-refractivity contribution in [1.82, 2.24) is 10.2 Å². The lowest BCUT2D eigenvalue weighted by molar-refractivity contribution is -0.125. The number of rotatable bonds is 6. The van der Waals surface area contributed by atoms with E-state index in [1.54, 1.807) is 19.2 Å². The summed E-state index contributed by atoms with van der Waals surface area (Å²) in [5, 5.41) is 3.03. The van der Waals surface area contributed by atoms with Gasteiger partial charge in [0.25, 0.3) is 0 Å². The molecule has 0 spiro atoms. The molecule has 144 valence electrons. The molecule has 2 atom stereocenters. The number of nitrogens with one attached hydrogen (secondary N) is 1. The highest BCUT2D eigenvalue weighted by molar-refractivity contribution is 5.78. The molecule has 1 fully saturated rings. The third-order valence-electron chi connectivity index (χ3n) is 4.74. The maximum atomic E-state index is 13.1. The van der Waals surface area contributed by atoms with Crippen LogP contribution in [0.3, 0.4) is 0 Å². The summed E-state index contributed by atoms with van der Waals surface area (Å²) >= 11 is 0. The minimum atomic E-state index is -0.267. The van der Waals surface area contributed by atoms with Gasteiger partial charge in [0.1, 0.15) is 11.6 Å². The lowest BCUT2D eigenvalue weighted by Gasteiger charge is -2.33. The first-order valence-corrected chi connectivity index (χ1v) is 9.08. The molecule has 2 aromatic rings. The maximum Gasteiger partial charge on any atom is 0.234 e. The second-order valence-corrected chi connectivity index (χ2v) is 6.68. The van der Waals surface area contributed by atoms with Crippen LogP contribution in [0.5, 0.6) is 5.75 Å². The Kier molecular flexibility index (Phi) is 6.42. The van der Waals surface area contributed by atoms with E-state index in [-0.39, 0.29) is 23.9 Å². The van der Waals surface area contributed by atoms with Gasteiger partial charge in [0, 0.05) is 18.7 Å². The third kappa shape index (κ3) is 5.05. The summed E-state index contributed by atoms with van der Waals surface area (Å²) in [6, 6.07) is 13.8. The Bertz CT molecular complexity index is 766. The van der Waals surface area contributed by atoms with Crippen LogP contribution in [0.25, 0.3) is 0 Å². The molecule has 2 aromatic carbocycles. The molecule has 3 rings (SSSR count). The molecule has 0 aromatic heterocycles. The molecule has 0 aliphatic carbocycles. The molecule has 6 heteroatoms. The van der Waals surface area contributed by atoms with Crippen molar-refractivity contribution in [3.8, 4) is 5.75 Å². The number of morpholine rings is 1. The van der Waals surface area contributed by atoms with Crippen molar-refractivity contribution < 1.29 is 18.7 Å². The molecular formula is C21H25FN2O3. The molecule has 1 aliphatic rings. The monoisotopic (exact) mass is 372 g/mol. The molecule has 0 saturated carbocycles. The van der Waals surface area contributed by atoms with Crippen LogP contribution in [0.15, 0.2) is 48.5 Å². The first kappa shape index (κ1) is 19.3. The van der Waals surface area contributed by atoms with Gasteiger partial charge in [-0.25, -0.2) is 4.39 Å². The SMILES string of the molecule is COc1ccccc1C(C)NC(=O)CN1CCOC(c2ccc(F)cc2)C1. The van der Waals surface area contributed by atoms with Crippen LogP contribution < -0.4 is 10.1 Å². The zero-order valence-corrected chi connectivity index (χ0v) is 15.7.